The van der Waals surface area contributed by atoms with E-state index in [1.807, 2.05) is 0 Å². The van der Waals surface area contributed by atoms with Gasteiger partial charge >= 0.3 is 0 Å². The molecule has 4 fully saturated rings. The van der Waals surface area contributed by atoms with E-state index in [2.05, 4.69) is 78.9 Å². The van der Waals surface area contributed by atoms with Crippen LogP contribution in [0.4, 0.5) is 0 Å². The summed E-state index contributed by atoms with van der Waals surface area (Å²) in [4.78, 5) is 0. The van der Waals surface area contributed by atoms with E-state index in [0.717, 1.165) is 17.4 Å². The van der Waals surface area contributed by atoms with Gasteiger partial charge in [-0.3, -0.25) is 0 Å². The van der Waals surface area contributed by atoms with Crippen molar-refractivity contribution < 1.29 is 5.11 Å². The van der Waals surface area contributed by atoms with Crippen molar-refractivity contribution in [3.63, 3.8) is 0 Å². The Morgan fingerprint density at radius 3 is 1.72 bits per heavy atom. The fourth-order valence-corrected chi connectivity index (χ4v) is 6.90. The molecule has 0 radical (unpaired) electrons. The molecular weight excluding hydrogens is 352 g/mol. The predicted octanol–water partition coefficient (Wildman–Crippen LogP) is 6.66. The van der Waals surface area contributed by atoms with Gasteiger partial charge in [0.2, 0.25) is 0 Å². The third-order valence-electron chi connectivity index (χ3n) is 8.03. The van der Waals surface area contributed by atoms with Crippen LogP contribution in [0, 0.1) is 23.7 Å². The highest BCUT2D eigenvalue weighted by atomic mass is 16.3. The van der Waals surface area contributed by atoms with E-state index in [-0.39, 0.29) is 0 Å². The zero-order valence-corrected chi connectivity index (χ0v) is 16.8. The maximum Gasteiger partial charge on any atom is 0.0958 e. The van der Waals surface area contributed by atoms with Crippen molar-refractivity contribution >= 4 is 0 Å². The summed E-state index contributed by atoms with van der Waals surface area (Å²) in [5.41, 5.74) is 5.36. The van der Waals surface area contributed by atoms with Crippen LogP contribution in [0.3, 0.4) is 0 Å². The molecule has 0 aliphatic heterocycles. The van der Waals surface area contributed by atoms with Crippen LogP contribution in [0.15, 0.2) is 78.9 Å². The molecule has 4 aliphatic rings. The first-order valence-corrected chi connectivity index (χ1v) is 11.2. The molecule has 4 saturated carbocycles. The first-order valence-electron chi connectivity index (χ1n) is 11.2. The van der Waals surface area contributed by atoms with Crippen molar-refractivity contribution in [3.8, 4) is 22.3 Å². The molecule has 0 unspecified atom stereocenters. The molecule has 29 heavy (non-hydrogen) atoms. The van der Waals surface area contributed by atoms with Crippen molar-refractivity contribution in [2.24, 2.45) is 23.7 Å². The van der Waals surface area contributed by atoms with Gasteiger partial charge in [-0.1, -0.05) is 72.8 Å². The molecule has 1 heteroatoms. The molecule has 4 bridgehead atoms. The van der Waals surface area contributed by atoms with Gasteiger partial charge in [0, 0.05) is 0 Å². The number of hydrogen-bond acceptors (Lipinski definition) is 1. The minimum atomic E-state index is -0.673. The summed E-state index contributed by atoms with van der Waals surface area (Å²) >= 11 is 0. The molecule has 146 valence electrons. The number of hydrogen-bond donors (Lipinski definition) is 1. The Bertz CT molecular complexity index is 993. The second-order valence-corrected chi connectivity index (χ2v) is 9.62. The summed E-state index contributed by atoms with van der Waals surface area (Å²) in [6, 6.07) is 28.0. The molecule has 7 rings (SSSR count). The van der Waals surface area contributed by atoms with Gasteiger partial charge in [0.05, 0.1) is 5.60 Å². The highest BCUT2D eigenvalue weighted by Crippen LogP contribution is 2.62. The van der Waals surface area contributed by atoms with E-state index < -0.39 is 5.60 Å². The Labute approximate surface area is 173 Å². The number of rotatable bonds is 3. The Morgan fingerprint density at radius 2 is 1.14 bits per heavy atom. The lowest BCUT2D eigenvalue weighted by molar-refractivity contribution is -0.179. The monoisotopic (exact) mass is 380 g/mol. The van der Waals surface area contributed by atoms with E-state index in [1.54, 1.807) is 0 Å². The molecule has 3 aromatic rings. The van der Waals surface area contributed by atoms with Crippen LogP contribution in [-0.2, 0) is 5.60 Å². The Balaban J connectivity index is 1.52. The van der Waals surface area contributed by atoms with Crippen molar-refractivity contribution in [1.29, 1.82) is 0 Å². The van der Waals surface area contributed by atoms with Gasteiger partial charge in [0.25, 0.3) is 0 Å². The van der Waals surface area contributed by atoms with Crippen molar-refractivity contribution in [2.45, 2.75) is 37.7 Å². The van der Waals surface area contributed by atoms with E-state index >= 15 is 0 Å². The topological polar surface area (TPSA) is 20.2 Å². The van der Waals surface area contributed by atoms with Gasteiger partial charge in [-0.15, -0.1) is 0 Å². The Morgan fingerprint density at radius 1 is 0.586 bits per heavy atom. The van der Waals surface area contributed by atoms with Crippen LogP contribution in [0.25, 0.3) is 22.3 Å². The number of aliphatic hydroxyl groups is 1. The molecule has 1 N–H and O–H groups in total. The smallest absolute Gasteiger partial charge is 0.0958 e. The Hall–Kier alpha value is -2.38. The molecule has 3 aromatic carbocycles. The average Bonchev–Trinajstić information content (AvgIpc) is 2.78. The van der Waals surface area contributed by atoms with Gasteiger partial charge in [-0.25, -0.2) is 0 Å². The zero-order chi connectivity index (χ0) is 19.4. The molecule has 1 nitrogen and oxygen atoms in total. The lowest BCUT2D eigenvalue weighted by Gasteiger charge is -2.59. The third-order valence-corrected chi connectivity index (χ3v) is 8.03. The lowest BCUT2D eigenvalue weighted by atomic mass is 9.48. The maximum absolute atomic E-state index is 12.3. The lowest BCUT2D eigenvalue weighted by Crippen LogP contribution is -2.55. The normalized spacial score (nSPS) is 32.4. The molecule has 0 saturated heterocycles. The van der Waals surface area contributed by atoms with Crippen LogP contribution in [0.1, 0.15) is 37.7 Å². The van der Waals surface area contributed by atoms with Gasteiger partial charge in [0.1, 0.15) is 0 Å². The standard InChI is InChI=1S/C28H28O/c29-28(24-14-19-13-20(16-24)17-25(28)15-19)27-12-11-23(21-7-3-1-4-8-21)18-26(27)22-9-5-2-6-10-22/h1-12,18-20,24-25,29H,13-17H2. The summed E-state index contributed by atoms with van der Waals surface area (Å²) in [7, 11) is 0. The molecular formula is C28H28O. The van der Waals surface area contributed by atoms with Gasteiger partial charge in [-0.05, 0) is 89.7 Å². The van der Waals surface area contributed by atoms with Crippen LogP contribution in [0.5, 0.6) is 0 Å². The SMILES string of the molecule is OC1(c2ccc(-c3ccccc3)cc2-c2ccccc2)C2CC3CC(C2)CC1C3. The maximum atomic E-state index is 12.3. The fourth-order valence-electron chi connectivity index (χ4n) is 6.90. The van der Waals surface area contributed by atoms with Gasteiger partial charge < -0.3 is 5.11 Å². The van der Waals surface area contributed by atoms with Crippen LogP contribution in [-0.4, -0.2) is 5.11 Å². The highest BCUT2D eigenvalue weighted by molar-refractivity contribution is 5.76. The van der Waals surface area contributed by atoms with E-state index in [0.29, 0.717) is 11.8 Å². The molecule has 0 amide bonds. The molecule has 0 spiro atoms. The van der Waals surface area contributed by atoms with Crippen molar-refractivity contribution in [2.75, 3.05) is 0 Å². The van der Waals surface area contributed by atoms with Gasteiger partial charge in [0.15, 0.2) is 0 Å². The summed E-state index contributed by atoms with van der Waals surface area (Å²) in [6.45, 7) is 0. The fraction of sp³-hybridized carbons (Fsp3) is 0.357. The van der Waals surface area contributed by atoms with Gasteiger partial charge in [-0.2, -0.15) is 0 Å². The van der Waals surface area contributed by atoms with E-state index in [9.17, 15) is 5.11 Å². The average molecular weight is 381 g/mol. The molecule has 4 aliphatic carbocycles. The predicted molar refractivity (Wildman–Crippen MR) is 118 cm³/mol. The summed E-state index contributed by atoms with van der Waals surface area (Å²) in [5.74, 6) is 2.54. The third kappa shape index (κ3) is 2.71. The minimum absolute atomic E-state index is 0.420. The van der Waals surface area contributed by atoms with Crippen molar-refractivity contribution in [3.05, 3.63) is 84.4 Å². The van der Waals surface area contributed by atoms with Crippen molar-refractivity contribution in [1.82, 2.24) is 0 Å². The summed E-state index contributed by atoms with van der Waals surface area (Å²) in [6.07, 6.45) is 6.23. The van der Waals surface area contributed by atoms with Crippen LogP contribution in [0.2, 0.25) is 0 Å². The van der Waals surface area contributed by atoms with E-state index in [4.69, 9.17) is 0 Å². The summed E-state index contributed by atoms with van der Waals surface area (Å²) in [5, 5.41) is 12.3. The first-order chi connectivity index (χ1) is 14.2. The second kappa shape index (κ2) is 6.57. The molecule has 0 atom stereocenters. The molecule has 0 aromatic heterocycles. The zero-order valence-electron chi connectivity index (χ0n) is 16.8. The van der Waals surface area contributed by atoms with Crippen LogP contribution < -0.4 is 0 Å². The minimum Gasteiger partial charge on any atom is -0.385 e. The Kier molecular flexibility index (Phi) is 3.96. The quantitative estimate of drug-likeness (QED) is 0.538. The largest absolute Gasteiger partial charge is 0.385 e. The summed E-state index contributed by atoms with van der Waals surface area (Å²) < 4.78 is 0. The van der Waals surface area contributed by atoms with Crippen LogP contribution >= 0.6 is 0 Å². The van der Waals surface area contributed by atoms with E-state index in [1.165, 1.54) is 54.4 Å². The first kappa shape index (κ1) is 17.5. The second-order valence-electron chi connectivity index (χ2n) is 9.62. The number of benzene rings is 3. The molecule has 0 heterocycles. The highest BCUT2D eigenvalue weighted by Gasteiger charge is 2.57.